The Labute approximate surface area is 108 Å². The molecule has 1 aliphatic heterocycles. The van der Waals surface area contributed by atoms with Gasteiger partial charge in [0.15, 0.2) is 0 Å². The number of carbonyl (C=O) groups excluding carboxylic acids is 1. The second-order valence-corrected chi connectivity index (χ2v) is 5.14. The van der Waals surface area contributed by atoms with E-state index in [4.69, 9.17) is 0 Å². The smallest absolute Gasteiger partial charge is 0.239 e. The normalized spacial score (nSPS) is 17.1. The Kier molecular flexibility index (Phi) is 4.36. The van der Waals surface area contributed by atoms with Crippen molar-refractivity contribution in [1.29, 1.82) is 0 Å². The van der Waals surface area contributed by atoms with E-state index in [-0.39, 0.29) is 11.9 Å². The number of anilines is 1. The maximum absolute atomic E-state index is 12.0. The third-order valence-corrected chi connectivity index (χ3v) is 3.24. The molecule has 2 heterocycles. The van der Waals surface area contributed by atoms with E-state index in [1.807, 2.05) is 24.6 Å². The fraction of sp³-hybridized carbons (Fsp3) is 0.692. The van der Waals surface area contributed by atoms with Gasteiger partial charge in [0.2, 0.25) is 5.91 Å². The molecule has 0 saturated carbocycles. The van der Waals surface area contributed by atoms with E-state index in [0.29, 0.717) is 6.54 Å². The number of rotatable bonds is 4. The zero-order valence-corrected chi connectivity index (χ0v) is 11.2. The molecule has 0 atom stereocenters. The number of carbonyl (C=O) groups is 1. The van der Waals surface area contributed by atoms with Crippen molar-refractivity contribution in [2.75, 3.05) is 25.0 Å². The quantitative estimate of drug-likeness (QED) is 0.887. The van der Waals surface area contributed by atoms with Gasteiger partial charge in [-0.1, -0.05) is 6.42 Å². The molecular weight excluding hydrogens is 228 g/mol. The third-order valence-electron chi connectivity index (χ3n) is 3.24. The average molecular weight is 250 g/mol. The molecule has 0 aliphatic carbocycles. The number of nitrogens with zero attached hydrogens (tertiary/aromatic N) is 3. The second kappa shape index (κ2) is 6.00. The Morgan fingerprint density at radius 3 is 2.78 bits per heavy atom. The van der Waals surface area contributed by atoms with Crippen LogP contribution in [0, 0.1) is 0 Å². The van der Waals surface area contributed by atoms with Crippen LogP contribution in [0.5, 0.6) is 0 Å². The first-order valence-corrected chi connectivity index (χ1v) is 6.72. The second-order valence-electron chi connectivity index (χ2n) is 5.14. The Morgan fingerprint density at radius 2 is 2.11 bits per heavy atom. The van der Waals surface area contributed by atoms with Gasteiger partial charge in [-0.25, -0.2) is 4.68 Å². The van der Waals surface area contributed by atoms with E-state index in [9.17, 15) is 4.79 Å². The molecule has 0 aromatic carbocycles. The molecule has 1 fully saturated rings. The molecule has 1 aliphatic rings. The van der Waals surface area contributed by atoms with E-state index in [0.717, 1.165) is 18.9 Å². The van der Waals surface area contributed by atoms with Crippen LogP contribution in [0.25, 0.3) is 0 Å². The van der Waals surface area contributed by atoms with Gasteiger partial charge in [-0.15, -0.1) is 0 Å². The lowest BCUT2D eigenvalue weighted by atomic mass is 10.1. The standard InChI is InChI=1S/C13H22N4O/c1-11(2)17-12(6-7-14-17)15-13(18)10-16-8-4-3-5-9-16/h6-7,11H,3-5,8-10H2,1-2H3,(H,15,18). The lowest BCUT2D eigenvalue weighted by Crippen LogP contribution is -2.37. The highest BCUT2D eigenvalue weighted by atomic mass is 16.2. The Morgan fingerprint density at radius 1 is 1.39 bits per heavy atom. The molecule has 0 radical (unpaired) electrons. The van der Waals surface area contributed by atoms with Gasteiger partial charge in [0.25, 0.3) is 0 Å². The monoisotopic (exact) mass is 250 g/mol. The molecule has 2 rings (SSSR count). The van der Waals surface area contributed by atoms with Crippen molar-refractivity contribution in [3.05, 3.63) is 12.3 Å². The summed E-state index contributed by atoms with van der Waals surface area (Å²) >= 11 is 0. The van der Waals surface area contributed by atoms with Gasteiger partial charge >= 0.3 is 0 Å². The molecule has 1 N–H and O–H groups in total. The lowest BCUT2D eigenvalue weighted by molar-refractivity contribution is -0.117. The summed E-state index contributed by atoms with van der Waals surface area (Å²) in [5, 5.41) is 7.14. The van der Waals surface area contributed by atoms with E-state index >= 15 is 0 Å². The van der Waals surface area contributed by atoms with Crippen LogP contribution < -0.4 is 5.32 Å². The molecule has 5 heteroatoms. The number of amides is 1. The number of likely N-dealkylation sites (tertiary alicyclic amines) is 1. The molecule has 1 aromatic heterocycles. The molecule has 1 saturated heterocycles. The Bertz CT molecular complexity index is 393. The van der Waals surface area contributed by atoms with Crippen molar-refractivity contribution in [2.24, 2.45) is 0 Å². The summed E-state index contributed by atoms with van der Waals surface area (Å²) in [4.78, 5) is 14.2. The van der Waals surface area contributed by atoms with Crippen LogP contribution in [0.4, 0.5) is 5.82 Å². The largest absolute Gasteiger partial charge is 0.310 e. The molecule has 0 spiro atoms. The molecule has 0 bridgehead atoms. The fourth-order valence-corrected chi connectivity index (χ4v) is 2.33. The predicted molar refractivity (Wildman–Crippen MR) is 71.5 cm³/mol. The summed E-state index contributed by atoms with van der Waals surface area (Å²) in [6.07, 6.45) is 5.42. The summed E-state index contributed by atoms with van der Waals surface area (Å²) in [5.41, 5.74) is 0. The minimum absolute atomic E-state index is 0.0549. The highest BCUT2D eigenvalue weighted by Crippen LogP contribution is 2.13. The molecule has 18 heavy (non-hydrogen) atoms. The molecule has 5 nitrogen and oxygen atoms in total. The van der Waals surface area contributed by atoms with Crippen LogP contribution in [0.1, 0.15) is 39.2 Å². The van der Waals surface area contributed by atoms with Gasteiger partial charge in [0, 0.05) is 12.1 Å². The number of nitrogens with one attached hydrogen (secondary N) is 1. The van der Waals surface area contributed by atoms with E-state index in [2.05, 4.69) is 15.3 Å². The first-order valence-electron chi connectivity index (χ1n) is 6.72. The summed E-state index contributed by atoms with van der Waals surface area (Å²) in [6.45, 7) is 6.66. The van der Waals surface area contributed by atoms with Gasteiger partial charge < -0.3 is 5.32 Å². The van der Waals surface area contributed by atoms with Gasteiger partial charge in [0.05, 0.1) is 12.7 Å². The van der Waals surface area contributed by atoms with Crippen molar-refractivity contribution in [3.8, 4) is 0 Å². The predicted octanol–water partition coefficient (Wildman–Crippen LogP) is 1.89. The maximum Gasteiger partial charge on any atom is 0.239 e. The molecule has 1 aromatic rings. The minimum Gasteiger partial charge on any atom is -0.310 e. The van der Waals surface area contributed by atoms with E-state index in [1.54, 1.807) is 6.20 Å². The summed E-state index contributed by atoms with van der Waals surface area (Å²) < 4.78 is 1.83. The number of hydrogen-bond donors (Lipinski definition) is 1. The molecule has 1 amide bonds. The first kappa shape index (κ1) is 13.1. The summed E-state index contributed by atoms with van der Waals surface area (Å²) in [6, 6.07) is 2.10. The Balaban J connectivity index is 1.88. The average Bonchev–Trinajstić information content (AvgIpc) is 2.78. The van der Waals surface area contributed by atoms with Crippen LogP contribution in [0.3, 0.4) is 0 Å². The molecule has 100 valence electrons. The lowest BCUT2D eigenvalue weighted by Gasteiger charge is -2.25. The summed E-state index contributed by atoms with van der Waals surface area (Å²) in [7, 11) is 0. The van der Waals surface area contributed by atoms with Crippen LogP contribution in [0.15, 0.2) is 12.3 Å². The van der Waals surface area contributed by atoms with Crippen molar-refractivity contribution in [1.82, 2.24) is 14.7 Å². The van der Waals surface area contributed by atoms with E-state index < -0.39 is 0 Å². The first-order chi connectivity index (χ1) is 8.66. The minimum atomic E-state index is 0.0549. The zero-order valence-electron chi connectivity index (χ0n) is 11.2. The van der Waals surface area contributed by atoms with Crippen molar-refractivity contribution in [2.45, 2.75) is 39.2 Å². The molecular formula is C13H22N4O. The van der Waals surface area contributed by atoms with Crippen molar-refractivity contribution < 1.29 is 4.79 Å². The van der Waals surface area contributed by atoms with Crippen LogP contribution >= 0.6 is 0 Å². The van der Waals surface area contributed by atoms with E-state index in [1.165, 1.54) is 19.3 Å². The van der Waals surface area contributed by atoms with Crippen LogP contribution in [-0.4, -0.2) is 40.2 Å². The number of piperidine rings is 1. The van der Waals surface area contributed by atoms with Crippen molar-refractivity contribution >= 4 is 11.7 Å². The topological polar surface area (TPSA) is 50.2 Å². The number of hydrogen-bond acceptors (Lipinski definition) is 3. The van der Waals surface area contributed by atoms with Crippen LogP contribution in [-0.2, 0) is 4.79 Å². The van der Waals surface area contributed by atoms with Gasteiger partial charge in [-0.05, 0) is 39.8 Å². The SMILES string of the molecule is CC(C)n1nccc1NC(=O)CN1CCCCC1. The van der Waals surface area contributed by atoms with Crippen LogP contribution in [0.2, 0.25) is 0 Å². The highest BCUT2D eigenvalue weighted by molar-refractivity contribution is 5.91. The number of aromatic nitrogens is 2. The maximum atomic E-state index is 12.0. The summed E-state index contributed by atoms with van der Waals surface area (Å²) in [5.74, 6) is 0.839. The van der Waals surface area contributed by atoms with Crippen molar-refractivity contribution in [3.63, 3.8) is 0 Å². The Hall–Kier alpha value is -1.36. The van der Waals surface area contributed by atoms with Gasteiger partial charge in [0.1, 0.15) is 5.82 Å². The highest BCUT2D eigenvalue weighted by Gasteiger charge is 2.15. The van der Waals surface area contributed by atoms with Gasteiger partial charge in [-0.3, -0.25) is 9.69 Å². The van der Waals surface area contributed by atoms with Gasteiger partial charge in [-0.2, -0.15) is 5.10 Å². The molecule has 0 unspecified atom stereocenters. The zero-order chi connectivity index (χ0) is 13.0. The fourth-order valence-electron chi connectivity index (χ4n) is 2.33. The third kappa shape index (κ3) is 3.32.